The Hall–Kier alpha value is -2.69. The van der Waals surface area contributed by atoms with Crippen molar-refractivity contribution in [2.24, 2.45) is 0 Å². The van der Waals surface area contributed by atoms with Crippen molar-refractivity contribution < 1.29 is 9.59 Å². The van der Waals surface area contributed by atoms with Crippen LogP contribution in [0.15, 0.2) is 48.7 Å². The molecular formula is C16H17N3O2. The van der Waals surface area contributed by atoms with E-state index >= 15 is 0 Å². The van der Waals surface area contributed by atoms with Crippen LogP contribution in [0.3, 0.4) is 0 Å². The second-order valence-electron chi connectivity index (χ2n) is 4.82. The number of aromatic nitrogens is 1. The summed E-state index contributed by atoms with van der Waals surface area (Å²) in [6, 6.07) is 13.0. The lowest BCUT2D eigenvalue weighted by Gasteiger charge is -2.16. The zero-order chi connectivity index (χ0) is 15.2. The smallest absolute Gasteiger partial charge is 0.315 e. The molecule has 0 aliphatic heterocycles. The van der Waals surface area contributed by atoms with E-state index in [0.29, 0.717) is 12.4 Å². The zero-order valence-corrected chi connectivity index (χ0v) is 12.0. The maximum absolute atomic E-state index is 12.0. The van der Waals surface area contributed by atoms with Gasteiger partial charge in [-0.15, -0.1) is 0 Å². The quantitative estimate of drug-likeness (QED) is 0.876. The highest BCUT2D eigenvalue weighted by Gasteiger charge is 2.19. The number of hydrogen-bond acceptors (Lipinski definition) is 3. The Kier molecular flexibility index (Phi) is 4.66. The molecule has 0 spiro atoms. The molecule has 0 aliphatic carbocycles. The van der Waals surface area contributed by atoms with E-state index < -0.39 is 11.8 Å². The van der Waals surface area contributed by atoms with Gasteiger partial charge in [0, 0.05) is 19.8 Å². The van der Waals surface area contributed by atoms with Crippen LogP contribution in [-0.2, 0) is 16.1 Å². The van der Waals surface area contributed by atoms with Gasteiger partial charge in [-0.25, -0.2) is 4.98 Å². The second kappa shape index (κ2) is 6.65. The third-order valence-electron chi connectivity index (χ3n) is 2.96. The fraction of sp³-hybridized carbons (Fsp3) is 0.188. The number of pyridine rings is 1. The summed E-state index contributed by atoms with van der Waals surface area (Å²) in [5.74, 6) is -0.918. The second-order valence-corrected chi connectivity index (χ2v) is 4.82. The fourth-order valence-corrected chi connectivity index (χ4v) is 1.81. The van der Waals surface area contributed by atoms with E-state index in [1.165, 1.54) is 4.90 Å². The molecule has 1 heterocycles. The molecule has 0 saturated carbocycles. The highest BCUT2D eigenvalue weighted by molar-refractivity contribution is 6.39. The number of rotatable bonds is 3. The van der Waals surface area contributed by atoms with Gasteiger partial charge < -0.3 is 10.2 Å². The zero-order valence-electron chi connectivity index (χ0n) is 12.0. The summed E-state index contributed by atoms with van der Waals surface area (Å²) in [4.78, 5) is 29.3. The minimum Gasteiger partial charge on any atom is -0.333 e. The highest BCUT2D eigenvalue weighted by Crippen LogP contribution is 2.06. The number of anilines is 1. The maximum atomic E-state index is 12.0. The van der Waals surface area contributed by atoms with Crippen LogP contribution in [0.2, 0.25) is 0 Å². The van der Waals surface area contributed by atoms with Crippen molar-refractivity contribution in [1.82, 2.24) is 9.88 Å². The number of hydrogen-bond donors (Lipinski definition) is 1. The summed E-state index contributed by atoms with van der Waals surface area (Å²) in [6.07, 6.45) is 1.63. The number of nitrogens with one attached hydrogen (secondary N) is 1. The molecule has 2 amide bonds. The molecule has 0 atom stereocenters. The maximum Gasteiger partial charge on any atom is 0.315 e. The number of benzene rings is 1. The van der Waals surface area contributed by atoms with Crippen LogP contribution in [0.4, 0.5) is 5.82 Å². The van der Waals surface area contributed by atoms with Gasteiger partial charge in [-0.3, -0.25) is 9.59 Å². The Bertz CT molecular complexity index is 624. The average molecular weight is 283 g/mol. The normalized spacial score (nSPS) is 10.0. The molecule has 0 unspecified atom stereocenters. The van der Waals surface area contributed by atoms with Crippen molar-refractivity contribution in [3.05, 3.63) is 59.8 Å². The molecule has 21 heavy (non-hydrogen) atoms. The van der Waals surface area contributed by atoms with Gasteiger partial charge in [0.1, 0.15) is 5.82 Å². The van der Waals surface area contributed by atoms with E-state index in [4.69, 9.17) is 0 Å². The van der Waals surface area contributed by atoms with Gasteiger partial charge in [-0.05, 0) is 24.1 Å². The summed E-state index contributed by atoms with van der Waals surface area (Å²) in [5, 5.41) is 2.49. The first-order valence-electron chi connectivity index (χ1n) is 6.59. The predicted octanol–water partition coefficient (Wildman–Crippen LogP) is 1.99. The van der Waals surface area contributed by atoms with Gasteiger partial charge in [0.05, 0.1) is 0 Å². The number of carbonyl (C=O) groups is 2. The van der Waals surface area contributed by atoms with Gasteiger partial charge in [0.15, 0.2) is 0 Å². The first kappa shape index (κ1) is 14.7. The molecule has 1 N–H and O–H groups in total. The first-order chi connectivity index (χ1) is 10.1. The topological polar surface area (TPSA) is 62.3 Å². The summed E-state index contributed by atoms with van der Waals surface area (Å²) in [6.45, 7) is 2.28. The first-order valence-corrected chi connectivity index (χ1v) is 6.59. The lowest BCUT2D eigenvalue weighted by atomic mass is 10.2. The Balaban J connectivity index is 1.95. The summed E-state index contributed by atoms with van der Waals surface area (Å²) in [5.41, 5.74) is 1.95. The summed E-state index contributed by atoms with van der Waals surface area (Å²) in [7, 11) is 1.59. The van der Waals surface area contributed by atoms with Gasteiger partial charge >= 0.3 is 11.8 Å². The molecule has 0 radical (unpaired) electrons. The van der Waals surface area contributed by atoms with Crippen LogP contribution >= 0.6 is 0 Å². The number of nitrogens with zero attached hydrogens (tertiary/aromatic N) is 2. The van der Waals surface area contributed by atoms with Crippen LogP contribution in [0.1, 0.15) is 11.1 Å². The number of aryl methyl sites for hydroxylation is 1. The average Bonchev–Trinajstić information content (AvgIpc) is 2.49. The largest absolute Gasteiger partial charge is 0.333 e. The van der Waals surface area contributed by atoms with Crippen LogP contribution in [-0.4, -0.2) is 28.7 Å². The van der Waals surface area contributed by atoms with E-state index in [0.717, 1.165) is 11.1 Å². The standard InChI is InChI=1S/C16H17N3O2/c1-12-8-9-14(17-10-12)18-15(20)16(21)19(2)11-13-6-4-3-5-7-13/h3-10H,11H2,1-2H3,(H,17,18,20). The van der Waals surface area contributed by atoms with Crippen molar-refractivity contribution >= 4 is 17.6 Å². The van der Waals surface area contributed by atoms with Crippen LogP contribution in [0.25, 0.3) is 0 Å². The van der Waals surface area contributed by atoms with Gasteiger partial charge in [-0.2, -0.15) is 0 Å². The molecule has 1 aromatic carbocycles. The highest BCUT2D eigenvalue weighted by atomic mass is 16.2. The fourth-order valence-electron chi connectivity index (χ4n) is 1.81. The molecule has 1 aromatic heterocycles. The summed E-state index contributed by atoms with van der Waals surface area (Å²) < 4.78 is 0. The Morgan fingerprint density at radius 3 is 2.48 bits per heavy atom. The minimum absolute atomic E-state index is 0.368. The van der Waals surface area contributed by atoms with Crippen LogP contribution in [0, 0.1) is 6.92 Å². The van der Waals surface area contributed by atoms with E-state index in [1.807, 2.05) is 43.3 Å². The molecule has 2 aromatic rings. The van der Waals surface area contributed by atoms with Crippen molar-refractivity contribution in [3.8, 4) is 0 Å². The molecule has 5 nitrogen and oxygen atoms in total. The van der Waals surface area contributed by atoms with E-state index in [9.17, 15) is 9.59 Å². The van der Waals surface area contributed by atoms with Crippen LogP contribution in [0.5, 0.6) is 0 Å². The predicted molar refractivity (Wildman–Crippen MR) is 80.5 cm³/mol. The monoisotopic (exact) mass is 283 g/mol. The van der Waals surface area contributed by atoms with E-state index in [-0.39, 0.29) is 0 Å². The Labute approximate surface area is 123 Å². The molecule has 0 bridgehead atoms. The van der Waals surface area contributed by atoms with Crippen molar-refractivity contribution in [3.63, 3.8) is 0 Å². The Morgan fingerprint density at radius 2 is 1.86 bits per heavy atom. The number of likely N-dealkylation sites (N-methyl/N-ethyl adjacent to an activating group) is 1. The SMILES string of the molecule is Cc1ccc(NC(=O)C(=O)N(C)Cc2ccccc2)nc1. The molecule has 2 rings (SSSR count). The number of carbonyl (C=O) groups excluding carboxylic acids is 2. The van der Waals surface area contributed by atoms with Gasteiger partial charge in [-0.1, -0.05) is 36.4 Å². The number of amides is 2. The third kappa shape index (κ3) is 4.14. The molecule has 108 valence electrons. The molecule has 0 saturated heterocycles. The summed E-state index contributed by atoms with van der Waals surface area (Å²) >= 11 is 0. The molecular weight excluding hydrogens is 266 g/mol. The van der Waals surface area contributed by atoms with Crippen molar-refractivity contribution in [1.29, 1.82) is 0 Å². The minimum atomic E-state index is -0.690. The molecule has 5 heteroatoms. The van der Waals surface area contributed by atoms with Crippen LogP contribution < -0.4 is 5.32 Å². The van der Waals surface area contributed by atoms with Gasteiger partial charge in [0.2, 0.25) is 0 Å². The lowest BCUT2D eigenvalue weighted by Crippen LogP contribution is -2.36. The Morgan fingerprint density at radius 1 is 1.14 bits per heavy atom. The molecule has 0 fully saturated rings. The lowest BCUT2D eigenvalue weighted by molar-refractivity contribution is -0.142. The van der Waals surface area contributed by atoms with E-state index in [1.54, 1.807) is 19.3 Å². The van der Waals surface area contributed by atoms with Gasteiger partial charge in [0.25, 0.3) is 0 Å². The van der Waals surface area contributed by atoms with Crippen molar-refractivity contribution in [2.75, 3.05) is 12.4 Å². The van der Waals surface area contributed by atoms with Crippen molar-refractivity contribution in [2.45, 2.75) is 13.5 Å². The third-order valence-corrected chi connectivity index (χ3v) is 2.96. The molecule has 0 aliphatic rings. The van der Waals surface area contributed by atoms with E-state index in [2.05, 4.69) is 10.3 Å².